The molecule has 1 N–H and O–H groups in total. The van der Waals surface area contributed by atoms with E-state index in [-0.39, 0.29) is 18.6 Å². The molecule has 204 valence electrons. The van der Waals surface area contributed by atoms with Gasteiger partial charge in [-0.2, -0.15) is 0 Å². The summed E-state index contributed by atoms with van der Waals surface area (Å²) in [7, 11) is 0. The van der Waals surface area contributed by atoms with Crippen molar-refractivity contribution in [1.82, 2.24) is 10.2 Å². The molecule has 1 amide bonds. The van der Waals surface area contributed by atoms with E-state index in [2.05, 4.69) is 53.5 Å². The van der Waals surface area contributed by atoms with Gasteiger partial charge in [-0.15, -0.1) is 0 Å². The first kappa shape index (κ1) is 26.9. The number of carbonyl (C=O) groups is 2. The highest BCUT2D eigenvalue weighted by molar-refractivity contribution is 5.86. The van der Waals surface area contributed by atoms with Crippen LogP contribution in [0.2, 0.25) is 0 Å². The molecule has 1 atom stereocenters. The molecule has 0 spiro atoms. The first-order valence-electron chi connectivity index (χ1n) is 13.8. The molecule has 1 fully saturated rings. The Balaban J connectivity index is 1.29. The van der Waals surface area contributed by atoms with Crippen molar-refractivity contribution >= 4 is 12.1 Å². The van der Waals surface area contributed by atoms with Gasteiger partial charge in [0.15, 0.2) is 0 Å². The summed E-state index contributed by atoms with van der Waals surface area (Å²) in [6, 6.07) is 27.0. The van der Waals surface area contributed by atoms with Crippen molar-refractivity contribution in [3.63, 3.8) is 0 Å². The monoisotopic (exact) mass is 526 g/mol. The van der Waals surface area contributed by atoms with Crippen LogP contribution >= 0.6 is 0 Å². The van der Waals surface area contributed by atoms with Gasteiger partial charge in [-0.05, 0) is 68.4 Å². The number of amides is 1. The Kier molecular flexibility index (Phi) is 7.50. The van der Waals surface area contributed by atoms with Gasteiger partial charge in [-0.3, -0.25) is 4.90 Å². The van der Waals surface area contributed by atoms with E-state index in [9.17, 15) is 9.59 Å². The lowest BCUT2D eigenvalue weighted by molar-refractivity contribution is -0.165. The van der Waals surface area contributed by atoms with Crippen LogP contribution in [0.15, 0.2) is 78.9 Å². The third kappa shape index (κ3) is 5.71. The van der Waals surface area contributed by atoms with Crippen LogP contribution in [0.4, 0.5) is 4.79 Å². The van der Waals surface area contributed by atoms with E-state index in [4.69, 9.17) is 9.47 Å². The number of likely N-dealkylation sites (tertiary alicyclic amines) is 1. The van der Waals surface area contributed by atoms with E-state index < -0.39 is 23.2 Å². The first-order valence-corrected chi connectivity index (χ1v) is 13.8. The normalized spacial score (nSPS) is 17.5. The number of alkyl carbamates (subject to hydrolysis) is 1. The number of hydrogen-bond donors (Lipinski definition) is 1. The number of rotatable bonds is 6. The van der Waals surface area contributed by atoms with E-state index >= 15 is 0 Å². The third-order valence-corrected chi connectivity index (χ3v) is 7.96. The minimum atomic E-state index is -1.14. The van der Waals surface area contributed by atoms with E-state index in [0.717, 1.165) is 11.1 Å². The Labute approximate surface area is 231 Å². The predicted octanol–water partition coefficient (Wildman–Crippen LogP) is 6.46. The van der Waals surface area contributed by atoms with Crippen molar-refractivity contribution < 1.29 is 19.1 Å². The van der Waals surface area contributed by atoms with Gasteiger partial charge in [0.1, 0.15) is 17.7 Å². The Hall–Kier alpha value is -3.64. The molecule has 0 unspecified atom stereocenters. The van der Waals surface area contributed by atoms with Crippen LogP contribution in [0.3, 0.4) is 0 Å². The molecule has 1 heterocycles. The highest BCUT2D eigenvalue weighted by Gasteiger charge is 2.46. The summed E-state index contributed by atoms with van der Waals surface area (Å²) in [6.45, 7) is 9.21. The molecule has 0 bridgehead atoms. The molecular formula is C33H38N2O4. The van der Waals surface area contributed by atoms with Gasteiger partial charge in [0.05, 0.1) is 0 Å². The van der Waals surface area contributed by atoms with Crippen molar-refractivity contribution in [3.8, 4) is 11.1 Å². The van der Waals surface area contributed by atoms with Gasteiger partial charge in [-0.25, -0.2) is 9.59 Å². The number of fused-ring (bicyclic) bond motifs is 3. The second-order valence-electron chi connectivity index (χ2n) is 11.7. The molecule has 6 heteroatoms. The summed E-state index contributed by atoms with van der Waals surface area (Å²) < 4.78 is 11.6. The average molecular weight is 527 g/mol. The molecular weight excluding hydrogens is 488 g/mol. The van der Waals surface area contributed by atoms with Crippen molar-refractivity contribution in [2.75, 3.05) is 19.7 Å². The summed E-state index contributed by atoms with van der Waals surface area (Å²) in [5, 5.41) is 2.96. The molecule has 3 aromatic carbocycles. The molecule has 0 radical (unpaired) electrons. The van der Waals surface area contributed by atoms with Gasteiger partial charge >= 0.3 is 12.1 Å². The second kappa shape index (κ2) is 10.9. The molecule has 1 aliphatic carbocycles. The predicted molar refractivity (Wildman–Crippen MR) is 152 cm³/mol. The average Bonchev–Trinajstić information content (AvgIpc) is 3.25. The summed E-state index contributed by atoms with van der Waals surface area (Å²) in [6.07, 6.45) is 0.305. The van der Waals surface area contributed by atoms with E-state index in [0.29, 0.717) is 25.9 Å². The highest BCUT2D eigenvalue weighted by atomic mass is 16.6. The summed E-state index contributed by atoms with van der Waals surface area (Å²) in [5.41, 5.74) is 4.07. The van der Waals surface area contributed by atoms with Crippen LogP contribution in [0.1, 0.15) is 69.2 Å². The number of carbonyl (C=O) groups excluding carboxylic acids is 2. The number of esters is 1. The first-order chi connectivity index (χ1) is 18.7. The molecule has 1 saturated heterocycles. The standard InChI is InChI=1S/C33H38N2O4/c1-23(24-12-6-5-7-13-24)35-20-18-33(19-21-35,30(36)39-32(2,3)4)34-31(37)38-22-29-27-16-10-8-14-25(27)26-15-9-11-17-28(26)29/h5-17,23,29H,18-22H2,1-4H3,(H,34,37)/t23-/m0/s1. The molecule has 0 saturated carbocycles. The van der Waals surface area contributed by atoms with Gasteiger partial charge < -0.3 is 14.8 Å². The topological polar surface area (TPSA) is 67.9 Å². The SMILES string of the molecule is C[C@@H](c1ccccc1)N1CCC(NC(=O)OCC2c3ccccc3-c3ccccc32)(C(=O)OC(C)(C)C)CC1. The maximum Gasteiger partial charge on any atom is 0.408 e. The highest BCUT2D eigenvalue weighted by Crippen LogP contribution is 2.44. The van der Waals surface area contributed by atoms with Gasteiger partial charge in [-0.1, -0.05) is 78.9 Å². The van der Waals surface area contributed by atoms with Crippen LogP contribution in [0, 0.1) is 0 Å². The lowest BCUT2D eigenvalue weighted by atomic mass is 9.86. The summed E-state index contributed by atoms with van der Waals surface area (Å²) in [4.78, 5) is 29.1. The van der Waals surface area contributed by atoms with Crippen molar-refractivity contribution in [3.05, 3.63) is 95.6 Å². The zero-order valence-electron chi connectivity index (χ0n) is 23.3. The second-order valence-corrected chi connectivity index (χ2v) is 11.7. The lowest BCUT2D eigenvalue weighted by Gasteiger charge is -2.43. The number of hydrogen-bond acceptors (Lipinski definition) is 5. The Morgan fingerprint density at radius 2 is 1.44 bits per heavy atom. The van der Waals surface area contributed by atoms with E-state index in [1.807, 2.05) is 63.2 Å². The molecule has 5 rings (SSSR count). The number of benzene rings is 3. The zero-order chi connectivity index (χ0) is 27.6. The summed E-state index contributed by atoms with van der Waals surface area (Å²) in [5.74, 6) is -0.454. The van der Waals surface area contributed by atoms with Crippen LogP contribution < -0.4 is 5.32 Å². The van der Waals surface area contributed by atoms with Gasteiger partial charge in [0.25, 0.3) is 0 Å². The smallest absolute Gasteiger partial charge is 0.408 e. The fraction of sp³-hybridized carbons (Fsp3) is 0.394. The third-order valence-electron chi connectivity index (χ3n) is 7.96. The van der Waals surface area contributed by atoms with Crippen LogP contribution in [-0.2, 0) is 14.3 Å². The largest absolute Gasteiger partial charge is 0.458 e. The number of piperidine rings is 1. The Bertz CT molecular complexity index is 1280. The van der Waals surface area contributed by atoms with Crippen LogP contribution in [0.5, 0.6) is 0 Å². The minimum Gasteiger partial charge on any atom is -0.458 e. The number of nitrogens with zero attached hydrogens (tertiary/aromatic N) is 1. The summed E-state index contributed by atoms with van der Waals surface area (Å²) >= 11 is 0. The number of ether oxygens (including phenoxy) is 2. The lowest BCUT2D eigenvalue weighted by Crippen LogP contribution is -2.61. The Morgan fingerprint density at radius 1 is 0.897 bits per heavy atom. The zero-order valence-corrected chi connectivity index (χ0v) is 23.3. The van der Waals surface area contributed by atoms with Crippen LogP contribution in [0.25, 0.3) is 11.1 Å². The maximum atomic E-state index is 13.5. The van der Waals surface area contributed by atoms with E-state index in [1.54, 1.807) is 0 Å². The van der Waals surface area contributed by atoms with E-state index in [1.165, 1.54) is 16.7 Å². The quantitative estimate of drug-likeness (QED) is 0.373. The fourth-order valence-electron chi connectivity index (χ4n) is 5.82. The maximum absolute atomic E-state index is 13.5. The molecule has 1 aliphatic heterocycles. The molecule has 0 aromatic heterocycles. The minimum absolute atomic E-state index is 0.0470. The fourth-order valence-corrected chi connectivity index (χ4v) is 5.82. The number of nitrogens with one attached hydrogen (secondary N) is 1. The molecule has 3 aromatic rings. The van der Waals surface area contributed by atoms with Crippen LogP contribution in [-0.4, -0.2) is 47.8 Å². The molecule has 6 nitrogen and oxygen atoms in total. The molecule has 39 heavy (non-hydrogen) atoms. The Morgan fingerprint density at radius 3 is 2.00 bits per heavy atom. The van der Waals surface area contributed by atoms with Crippen molar-refractivity contribution in [2.45, 2.75) is 63.6 Å². The molecule has 2 aliphatic rings. The van der Waals surface area contributed by atoms with Gasteiger partial charge in [0.2, 0.25) is 0 Å². The van der Waals surface area contributed by atoms with Crippen molar-refractivity contribution in [1.29, 1.82) is 0 Å². The van der Waals surface area contributed by atoms with Crippen molar-refractivity contribution in [2.24, 2.45) is 0 Å². The van der Waals surface area contributed by atoms with Gasteiger partial charge in [0, 0.05) is 25.0 Å².